The first-order chi connectivity index (χ1) is 13.9. The van der Waals surface area contributed by atoms with Crippen LogP contribution < -0.4 is 5.32 Å². The van der Waals surface area contributed by atoms with Gasteiger partial charge in [-0.05, 0) is 43.2 Å². The largest absolute Gasteiger partial charge is 0.361 e. The maximum atomic E-state index is 14.9. The van der Waals surface area contributed by atoms with Gasteiger partial charge in [0.15, 0.2) is 9.84 Å². The van der Waals surface area contributed by atoms with Gasteiger partial charge in [0.05, 0.1) is 16.2 Å². The molecular weight excluding hydrogens is 423 g/mol. The lowest BCUT2D eigenvalue weighted by atomic mass is 9.98. The molecule has 1 aliphatic rings. The van der Waals surface area contributed by atoms with E-state index < -0.39 is 23.7 Å². The minimum absolute atomic E-state index is 0.0398. The summed E-state index contributed by atoms with van der Waals surface area (Å²) >= 11 is 0. The summed E-state index contributed by atoms with van der Waals surface area (Å²) in [6.45, 7) is 9.80. The molecule has 1 aromatic carbocycles. The van der Waals surface area contributed by atoms with Crippen LogP contribution >= 0.6 is 0 Å². The monoisotopic (exact) mass is 452 g/mol. The SMILES string of the molecule is Cc1c2c(c(-c3cc(S(C)(=O)=O)ccc3F)n1COCC[Si](C)(C)C)CCNC2=O. The van der Waals surface area contributed by atoms with Gasteiger partial charge in [-0.1, -0.05) is 19.6 Å². The smallest absolute Gasteiger partial charge is 0.253 e. The fourth-order valence-corrected chi connectivity index (χ4v) is 5.06. The van der Waals surface area contributed by atoms with Gasteiger partial charge in [0.1, 0.15) is 12.5 Å². The van der Waals surface area contributed by atoms with Gasteiger partial charge in [-0.15, -0.1) is 0 Å². The topological polar surface area (TPSA) is 77.4 Å². The maximum Gasteiger partial charge on any atom is 0.253 e. The first kappa shape index (κ1) is 22.7. The third-order valence-corrected chi connectivity index (χ3v) is 8.16. The second-order valence-corrected chi connectivity index (χ2v) is 16.6. The van der Waals surface area contributed by atoms with Gasteiger partial charge in [-0.3, -0.25) is 4.79 Å². The average Bonchev–Trinajstić information content (AvgIpc) is 2.90. The van der Waals surface area contributed by atoms with Crippen LogP contribution in [0.4, 0.5) is 4.39 Å². The highest BCUT2D eigenvalue weighted by atomic mass is 32.2. The predicted octanol–water partition coefficient (Wildman–Crippen LogP) is 3.60. The molecule has 0 bridgehead atoms. The summed E-state index contributed by atoms with van der Waals surface area (Å²) < 4.78 is 46.7. The van der Waals surface area contributed by atoms with Crippen molar-refractivity contribution in [3.8, 4) is 11.3 Å². The van der Waals surface area contributed by atoms with Gasteiger partial charge < -0.3 is 14.6 Å². The molecule has 0 saturated carbocycles. The van der Waals surface area contributed by atoms with Crippen molar-refractivity contribution in [2.45, 2.75) is 50.7 Å². The van der Waals surface area contributed by atoms with E-state index in [0.29, 0.717) is 36.5 Å². The van der Waals surface area contributed by atoms with Crippen LogP contribution in [0.3, 0.4) is 0 Å². The van der Waals surface area contributed by atoms with E-state index in [-0.39, 0.29) is 23.1 Å². The zero-order valence-electron chi connectivity index (χ0n) is 18.1. The lowest BCUT2D eigenvalue weighted by Gasteiger charge is -2.18. The van der Waals surface area contributed by atoms with E-state index in [0.717, 1.165) is 17.9 Å². The Labute approximate surface area is 178 Å². The fourth-order valence-electron chi connectivity index (χ4n) is 3.66. The van der Waals surface area contributed by atoms with E-state index in [4.69, 9.17) is 4.74 Å². The average molecular weight is 453 g/mol. The molecule has 30 heavy (non-hydrogen) atoms. The molecule has 3 rings (SSSR count). The zero-order chi connectivity index (χ0) is 22.3. The number of carbonyl (C=O) groups excluding carboxylic acids is 1. The number of benzene rings is 1. The number of nitrogens with zero attached hydrogens (tertiary/aromatic N) is 1. The van der Waals surface area contributed by atoms with Crippen LogP contribution in [-0.4, -0.2) is 46.4 Å². The molecule has 1 aromatic heterocycles. The van der Waals surface area contributed by atoms with E-state index in [1.807, 2.05) is 6.92 Å². The second kappa shape index (κ2) is 8.28. The molecule has 0 atom stereocenters. The van der Waals surface area contributed by atoms with Crippen molar-refractivity contribution >= 4 is 23.8 Å². The molecule has 1 amide bonds. The van der Waals surface area contributed by atoms with Crippen molar-refractivity contribution in [1.82, 2.24) is 9.88 Å². The number of ether oxygens (including phenoxy) is 1. The highest BCUT2D eigenvalue weighted by Gasteiger charge is 2.30. The molecule has 9 heteroatoms. The molecule has 0 unspecified atom stereocenters. The van der Waals surface area contributed by atoms with E-state index >= 15 is 0 Å². The first-order valence-electron chi connectivity index (χ1n) is 9.98. The summed E-state index contributed by atoms with van der Waals surface area (Å²) in [6, 6.07) is 4.77. The van der Waals surface area contributed by atoms with Crippen LogP contribution in [-0.2, 0) is 27.7 Å². The molecule has 1 aliphatic heterocycles. The van der Waals surface area contributed by atoms with Gasteiger partial charge in [0, 0.05) is 38.7 Å². The third kappa shape index (κ3) is 4.68. The molecule has 2 heterocycles. The minimum atomic E-state index is -3.51. The number of nitrogens with one attached hydrogen (secondary N) is 1. The number of hydrogen-bond acceptors (Lipinski definition) is 4. The van der Waals surface area contributed by atoms with Crippen LogP contribution in [0.25, 0.3) is 11.3 Å². The van der Waals surface area contributed by atoms with Crippen molar-refractivity contribution in [2.75, 3.05) is 19.4 Å². The van der Waals surface area contributed by atoms with Gasteiger partial charge in [-0.25, -0.2) is 12.8 Å². The van der Waals surface area contributed by atoms with Gasteiger partial charge in [-0.2, -0.15) is 0 Å². The third-order valence-electron chi connectivity index (χ3n) is 5.35. The molecule has 0 spiro atoms. The van der Waals surface area contributed by atoms with Gasteiger partial charge >= 0.3 is 0 Å². The van der Waals surface area contributed by atoms with Crippen LogP contribution in [0, 0.1) is 12.7 Å². The Kier molecular flexibility index (Phi) is 6.27. The Morgan fingerprint density at radius 1 is 1.27 bits per heavy atom. The lowest BCUT2D eigenvalue weighted by molar-refractivity contribution is 0.0867. The van der Waals surface area contributed by atoms with Crippen molar-refractivity contribution in [2.24, 2.45) is 0 Å². The Balaban J connectivity index is 2.12. The van der Waals surface area contributed by atoms with Crippen LogP contribution in [0.5, 0.6) is 0 Å². The molecule has 2 aromatic rings. The maximum absolute atomic E-state index is 14.9. The second-order valence-electron chi connectivity index (χ2n) is 8.98. The van der Waals surface area contributed by atoms with E-state index in [2.05, 4.69) is 25.0 Å². The van der Waals surface area contributed by atoms with Gasteiger partial charge in [0.2, 0.25) is 0 Å². The molecule has 0 radical (unpaired) electrons. The van der Waals surface area contributed by atoms with E-state index in [9.17, 15) is 17.6 Å². The number of amides is 1. The molecule has 0 aliphatic carbocycles. The van der Waals surface area contributed by atoms with Crippen molar-refractivity contribution in [3.63, 3.8) is 0 Å². The summed E-state index contributed by atoms with van der Waals surface area (Å²) in [7, 11) is -4.78. The lowest BCUT2D eigenvalue weighted by Crippen LogP contribution is -2.31. The number of sulfone groups is 1. The first-order valence-corrected chi connectivity index (χ1v) is 15.6. The van der Waals surface area contributed by atoms with Crippen LogP contribution in [0.15, 0.2) is 23.1 Å². The van der Waals surface area contributed by atoms with Crippen LogP contribution in [0.1, 0.15) is 21.6 Å². The number of fused-ring (bicyclic) bond motifs is 1. The van der Waals surface area contributed by atoms with Crippen molar-refractivity contribution in [1.29, 1.82) is 0 Å². The summed E-state index contributed by atoms with van der Waals surface area (Å²) in [5, 5.41) is 2.83. The van der Waals surface area contributed by atoms with E-state index in [1.54, 1.807) is 4.57 Å². The Hall–Kier alpha value is -1.97. The number of rotatable bonds is 7. The number of hydrogen-bond donors (Lipinski definition) is 1. The Morgan fingerprint density at radius 3 is 2.60 bits per heavy atom. The molecule has 0 fully saturated rings. The highest BCUT2D eigenvalue weighted by molar-refractivity contribution is 7.90. The van der Waals surface area contributed by atoms with Gasteiger partial charge in [0.25, 0.3) is 5.91 Å². The molecular formula is C21H29FN2O4SSi. The highest BCUT2D eigenvalue weighted by Crippen LogP contribution is 2.36. The van der Waals surface area contributed by atoms with Crippen LogP contribution in [0.2, 0.25) is 25.7 Å². The quantitative estimate of drug-likeness (QED) is 0.396. The zero-order valence-corrected chi connectivity index (χ0v) is 20.0. The summed E-state index contributed by atoms with van der Waals surface area (Å²) in [6.07, 6.45) is 1.64. The molecule has 164 valence electrons. The number of carbonyl (C=O) groups is 1. The summed E-state index contributed by atoms with van der Waals surface area (Å²) in [4.78, 5) is 12.6. The summed E-state index contributed by atoms with van der Waals surface area (Å²) in [5.41, 5.74) is 2.64. The molecule has 6 nitrogen and oxygen atoms in total. The standard InChI is InChI=1S/C21H29FN2O4SSi/c1-14-19-16(8-9-23-21(19)25)20(24(14)13-28-10-11-30(3,4)5)17-12-15(29(2,26)27)6-7-18(17)22/h6-7,12H,8-11,13H2,1-5H3,(H,23,25). The number of aromatic nitrogens is 1. The molecule has 0 saturated heterocycles. The fraction of sp³-hybridized carbons (Fsp3) is 0.476. The minimum Gasteiger partial charge on any atom is -0.361 e. The molecule has 1 N–H and O–H groups in total. The van der Waals surface area contributed by atoms with Crippen molar-refractivity contribution in [3.05, 3.63) is 40.8 Å². The number of halogens is 1. The predicted molar refractivity (Wildman–Crippen MR) is 118 cm³/mol. The van der Waals surface area contributed by atoms with E-state index in [1.165, 1.54) is 18.2 Å². The summed E-state index contributed by atoms with van der Waals surface area (Å²) in [5.74, 6) is -0.729. The normalized spacial score (nSPS) is 14.5. The Bertz CT molecular complexity index is 1090. The van der Waals surface area contributed by atoms with Crippen molar-refractivity contribution < 1.29 is 22.3 Å². The Morgan fingerprint density at radius 2 is 1.97 bits per heavy atom.